The summed E-state index contributed by atoms with van der Waals surface area (Å²) in [5.41, 5.74) is 5.78. The number of nitrogens with one attached hydrogen (secondary N) is 1. The maximum atomic E-state index is 13.6. The molecule has 162 valence electrons. The Balaban J connectivity index is 1.40. The van der Waals surface area contributed by atoms with Gasteiger partial charge < -0.3 is 14.6 Å². The molecular formula is C26H24FN3O2. The molecule has 6 heteroatoms. The van der Waals surface area contributed by atoms with Gasteiger partial charge in [-0.05, 0) is 79.8 Å². The Hall–Kier alpha value is -3.67. The molecule has 1 saturated heterocycles. The Bertz CT molecular complexity index is 1300. The number of aryl methyl sites for hydroxylation is 2. The van der Waals surface area contributed by atoms with Crippen LogP contribution >= 0.6 is 0 Å². The molecule has 0 bridgehead atoms. The van der Waals surface area contributed by atoms with E-state index < -0.39 is 0 Å². The summed E-state index contributed by atoms with van der Waals surface area (Å²) in [4.78, 5) is 19.4. The van der Waals surface area contributed by atoms with Crippen molar-refractivity contribution in [1.29, 1.82) is 0 Å². The molecule has 1 unspecified atom stereocenters. The van der Waals surface area contributed by atoms with Gasteiger partial charge in [-0.15, -0.1) is 0 Å². The fourth-order valence-corrected chi connectivity index (χ4v) is 4.19. The van der Waals surface area contributed by atoms with Crippen LogP contribution in [-0.4, -0.2) is 22.5 Å². The van der Waals surface area contributed by atoms with Crippen molar-refractivity contribution in [2.75, 3.05) is 11.9 Å². The summed E-state index contributed by atoms with van der Waals surface area (Å²) < 4.78 is 19.7. The van der Waals surface area contributed by atoms with Crippen LogP contribution in [0.2, 0.25) is 0 Å². The van der Waals surface area contributed by atoms with E-state index in [2.05, 4.69) is 5.32 Å². The number of benzene rings is 3. The predicted molar refractivity (Wildman–Crippen MR) is 123 cm³/mol. The highest BCUT2D eigenvalue weighted by Crippen LogP contribution is 2.35. The van der Waals surface area contributed by atoms with Crippen molar-refractivity contribution < 1.29 is 13.6 Å². The maximum absolute atomic E-state index is 13.6. The molecule has 1 aromatic heterocycles. The molecule has 3 aromatic carbocycles. The van der Waals surface area contributed by atoms with Crippen LogP contribution in [0.15, 0.2) is 65.1 Å². The normalized spacial score (nSPS) is 16.0. The zero-order valence-electron chi connectivity index (χ0n) is 18.1. The van der Waals surface area contributed by atoms with Crippen LogP contribution in [0, 0.1) is 19.7 Å². The predicted octanol–water partition coefficient (Wildman–Crippen LogP) is 6.62. The molecule has 0 saturated carbocycles. The van der Waals surface area contributed by atoms with Crippen molar-refractivity contribution in [3.05, 3.63) is 83.5 Å². The number of urea groups is 1. The molecule has 32 heavy (non-hydrogen) atoms. The van der Waals surface area contributed by atoms with Crippen molar-refractivity contribution >= 4 is 22.8 Å². The number of amides is 2. The number of likely N-dealkylation sites (tertiary alicyclic amines) is 1. The van der Waals surface area contributed by atoms with E-state index in [1.54, 1.807) is 17.9 Å². The summed E-state index contributed by atoms with van der Waals surface area (Å²) in [6.07, 6.45) is 1.70. The van der Waals surface area contributed by atoms with Gasteiger partial charge in [-0.1, -0.05) is 29.8 Å². The van der Waals surface area contributed by atoms with Crippen LogP contribution < -0.4 is 5.32 Å². The molecule has 0 radical (unpaired) electrons. The Morgan fingerprint density at radius 3 is 2.59 bits per heavy atom. The zero-order chi connectivity index (χ0) is 22.2. The van der Waals surface area contributed by atoms with Crippen LogP contribution in [0.5, 0.6) is 0 Å². The van der Waals surface area contributed by atoms with Crippen molar-refractivity contribution in [1.82, 2.24) is 9.88 Å². The van der Waals surface area contributed by atoms with E-state index >= 15 is 0 Å². The van der Waals surface area contributed by atoms with Gasteiger partial charge in [0.05, 0.1) is 0 Å². The maximum Gasteiger partial charge on any atom is 0.322 e. The average Bonchev–Trinajstić information content (AvgIpc) is 3.43. The topological polar surface area (TPSA) is 58.4 Å². The largest absolute Gasteiger partial charge is 0.438 e. The first-order chi connectivity index (χ1) is 15.5. The molecule has 1 atom stereocenters. The van der Waals surface area contributed by atoms with Crippen LogP contribution in [0.4, 0.5) is 14.9 Å². The van der Waals surface area contributed by atoms with Gasteiger partial charge in [0.2, 0.25) is 5.89 Å². The Morgan fingerprint density at radius 1 is 1.06 bits per heavy atom. The average molecular weight is 429 g/mol. The highest BCUT2D eigenvalue weighted by Gasteiger charge is 2.33. The smallest absolute Gasteiger partial charge is 0.322 e. The summed E-state index contributed by atoms with van der Waals surface area (Å²) >= 11 is 0. The number of rotatable bonds is 3. The first kappa shape index (κ1) is 20.2. The lowest BCUT2D eigenvalue weighted by Crippen LogP contribution is -2.34. The molecule has 5 nitrogen and oxygen atoms in total. The molecule has 1 aliphatic rings. The highest BCUT2D eigenvalue weighted by atomic mass is 19.1. The first-order valence-electron chi connectivity index (χ1n) is 10.8. The van der Waals surface area contributed by atoms with Crippen molar-refractivity contribution in [2.45, 2.75) is 32.7 Å². The fraction of sp³-hybridized carbons (Fsp3) is 0.231. The lowest BCUT2D eigenvalue weighted by molar-refractivity contribution is 0.199. The number of anilines is 1. The van der Waals surface area contributed by atoms with E-state index in [1.807, 2.05) is 55.5 Å². The van der Waals surface area contributed by atoms with Crippen LogP contribution in [0.1, 0.15) is 35.9 Å². The summed E-state index contributed by atoms with van der Waals surface area (Å²) in [5, 5.41) is 2.97. The second-order valence-corrected chi connectivity index (χ2v) is 8.35. The van der Waals surface area contributed by atoms with Crippen molar-refractivity contribution in [2.24, 2.45) is 0 Å². The number of oxazole rings is 1. The van der Waals surface area contributed by atoms with Gasteiger partial charge in [0.25, 0.3) is 0 Å². The number of hydrogen-bond donors (Lipinski definition) is 1. The van der Waals surface area contributed by atoms with Gasteiger partial charge in [-0.3, -0.25) is 0 Å². The first-order valence-corrected chi connectivity index (χ1v) is 10.8. The number of carbonyl (C=O) groups is 1. The van der Waals surface area contributed by atoms with Crippen molar-refractivity contribution in [3.8, 4) is 11.1 Å². The molecule has 0 spiro atoms. The molecule has 2 heterocycles. The van der Waals surface area contributed by atoms with Gasteiger partial charge in [-0.2, -0.15) is 0 Å². The van der Waals surface area contributed by atoms with Gasteiger partial charge in [0, 0.05) is 12.2 Å². The van der Waals surface area contributed by atoms with E-state index in [0.717, 1.165) is 40.7 Å². The fourth-order valence-electron chi connectivity index (χ4n) is 4.19. The van der Waals surface area contributed by atoms with Gasteiger partial charge in [0.15, 0.2) is 5.58 Å². The van der Waals surface area contributed by atoms with Crippen molar-refractivity contribution in [3.63, 3.8) is 0 Å². The van der Waals surface area contributed by atoms with E-state index in [-0.39, 0.29) is 17.9 Å². The number of fused-ring (bicyclic) bond motifs is 1. The molecule has 1 fully saturated rings. The van der Waals surface area contributed by atoms with E-state index in [4.69, 9.17) is 9.40 Å². The van der Waals surface area contributed by atoms with Gasteiger partial charge in [-0.25, -0.2) is 14.2 Å². The molecule has 4 aromatic rings. The third-order valence-corrected chi connectivity index (χ3v) is 6.00. The number of hydrogen-bond acceptors (Lipinski definition) is 3. The minimum Gasteiger partial charge on any atom is -0.438 e. The second-order valence-electron chi connectivity index (χ2n) is 8.35. The molecule has 0 aliphatic carbocycles. The third kappa shape index (κ3) is 3.84. The minimum atomic E-state index is -0.219. The zero-order valence-corrected chi connectivity index (χ0v) is 18.1. The quantitative estimate of drug-likeness (QED) is 0.398. The third-order valence-electron chi connectivity index (χ3n) is 6.00. The van der Waals surface area contributed by atoms with Crippen LogP contribution in [0.25, 0.3) is 22.2 Å². The lowest BCUT2D eigenvalue weighted by atomic mass is 10.0. The molecule has 5 rings (SSSR count). The summed E-state index contributed by atoms with van der Waals surface area (Å²) in [5.74, 6) is 0.327. The molecular weight excluding hydrogens is 405 g/mol. The Labute approximate surface area is 185 Å². The molecule has 1 aliphatic heterocycles. The van der Waals surface area contributed by atoms with E-state index in [9.17, 15) is 9.18 Å². The standard InChI is InChI=1S/C26H24FN3O2/c1-16-5-9-20(10-6-16)28-26(31)30-13-3-4-23(30)25-29-22-15-19(8-12-24(22)32-25)18-7-11-21(27)17(2)14-18/h5-12,14-15,23H,3-4,13H2,1-2H3,(H,28,31). The van der Waals surface area contributed by atoms with E-state index in [1.165, 1.54) is 6.07 Å². The second kappa shape index (κ2) is 8.11. The van der Waals surface area contributed by atoms with Crippen LogP contribution in [0.3, 0.4) is 0 Å². The SMILES string of the molecule is Cc1ccc(NC(=O)N2CCCC2c2nc3cc(-c4ccc(F)c(C)c4)ccc3o2)cc1. The number of nitrogens with zero attached hydrogens (tertiary/aromatic N) is 2. The monoisotopic (exact) mass is 429 g/mol. The van der Waals surface area contributed by atoms with Crippen LogP contribution in [-0.2, 0) is 0 Å². The molecule has 2 amide bonds. The Kier molecular flexibility index (Phi) is 5.13. The number of carbonyl (C=O) groups excluding carboxylic acids is 1. The number of aromatic nitrogens is 1. The summed E-state index contributed by atoms with van der Waals surface area (Å²) in [7, 11) is 0. The Morgan fingerprint density at radius 2 is 1.81 bits per heavy atom. The highest BCUT2D eigenvalue weighted by molar-refractivity contribution is 5.90. The van der Waals surface area contributed by atoms with Gasteiger partial charge >= 0.3 is 6.03 Å². The van der Waals surface area contributed by atoms with E-state index in [0.29, 0.717) is 23.6 Å². The summed E-state index contributed by atoms with van der Waals surface area (Å²) in [6, 6.07) is 18.2. The van der Waals surface area contributed by atoms with Gasteiger partial charge in [0.1, 0.15) is 17.4 Å². The number of halogens is 1. The molecule has 1 N–H and O–H groups in total. The summed E-state index contributed by atoms with van der Waals surface area (Å²) in [6.45, 7) is 4.42. The minimum absolute atomic E-state index is 0.152. The lowest BCUT2D eigenvalue weighted by Gasteiger charge is -2.22.